The van der Waals surface area contributed by atoms with Crippen LogP contribution in [0.2, 0.25) is 0 Å². The van der Waals surface area contributed by atoms with Gasteiger partial charge in [0.05, 0.1) is 9.99 Å². The standard InChI is InChI=1S/C16H10BrFN2O/c17-12-9-11(6-7-13(12)18)19-16(21)15-8-5-10-3-1-2-4-14(10)20-15/h1-9H,(H,19,21). The van der Waals surface area contributed by atoms with E-state index in [0.29, 0.717) is 15.9 Å². The zero-order valence-corrected chi connectivity index (χ0v) is 12.4. The molecule has 0 aliphatic heterocycles. The first kappa shape index (κ1) is 13.7. The lowest BCUT2D eigenvalue weighted by Gasteiger charge is -2.06. The number of pyridine rings is 1. The SMILES string of the molecule is O=C(Nc1ccc(F)c(Br)c1)c1ccc2ccccc2n1. The number of anilines is 1. The van der Waals surface area contributed by atoms with E-state index in [1.807, 2.05) is 30.3 Å². The van der Waals surface area contributed by atoms with Crippen LogP contribution in [0.3, 0.4) is 0 Å². The van der Waals surface area contributed by atoms with Gasteiger partial charge in [-0.05, 0) is 46.3 Å². The Hall–Kier alpha value is -2.27. The molecular formula is C16H10BrFN2O. The van der Waals surface area contributed by atoms with E-state index >= 15 is 0 Å². The van der Waals surface area contributed by atoms with Crippen LogP contribution in [0.15, 0.2) is 59.1 Å². The number of hydrogen-bond donors (Lipinski definition) is 1. The summed E-state index contributed by atoms with van der Waals surface area (Å²) < 4.78 is 13.5. The minimum absolute atomic E-state index is 0.298. The molecule has 1 N–H and O–H groups in total. The smallest absolute Gasteiger partial charge is 0.274 e. The molecule has 5 heteroatoms. The predicted molar refractivity (Wildman–Crippen MR) is 83.8 cm³/mol. The molecule has 0 atom stereocenters. The summed E-state index contributed by atoms with van der Waals surface area (Å²) in [5, 5.41) is 3.66. The molecule has 0 spiro atoms. The molecule has 21 heavy (non-hydrogen) atoms. The Bertz CT molecular complexity index is 835. The number of para-hydroxylation sites is 1. The monoisotopic (exact) mass is 344 g/mol. The van der Waals surface area contributed by atoms with Crippen molar-refractivity contribution < 1.29 is 9.18 Å². The molecular weight excluding hydrogens is 335 g/mol. The van der Waals surface area contributed by atoms with Gasteiger partial charge in [0.1, 0.15) is 11.5 Å². The van der Waals surface area contributed by atoms with Gasteiger partial charge in [0.25, 0.3) is 5.91 Å². The first-order valence-electron chi connectivity index (χ1n) is 6.26. The van der Waals surface area contributed by atoms with E-state index in [2.05, 4.69) is 26.2 Å². The van der Waals surface area contributed by atoms with Crippen LogP contribution < -0.4 is 5.32 Å². The van der Waals surface area contributed by atoms with Crippen LogP contribution >= 0.6 is 15.9 Å². The summed E-state index contributed by atoms with van der Waals surface area (Å²) in [5.74, 6) is -0.712. The third-order valence-electron chi connectivity index (χ3n) is 3.01. The highest BCUT2D eigenvalue weighted by molar-refractivity contribution is 9.10. The second-order valence-corrected chi connectivity index (χ2v) is 5.33. The molecule has 0 radical (unpaired) electrons. The Morgan fingerprint density at radius 1 is 1.10 bits per heavy atom. The average Bonchev–Trinajstić information content (AvgIpc) is 2.50. The second-order valence-electron chi connectivity index (χ2n) is 4.47. The number of aromatic nitrogens is 1. The molecule has 2 aromatic carbocycles. The average molecular weight is 345 g/mol. The van der Waals surface area contributed by atoms with Crippen LogP contribution in [-0.2, 0) is 0 Å². The molecule has 3 nitrogen and oxygen atoms in total. The zero-order chi connectivity index (χ0) is 14.8. The molecule has 1 heterocycles. The quantitative estimate of drug-likeness (QED) is 0.749. The Kier molecular flexibility index (Phi) is 3.66. The van der Waals surface area contributed by atoms with E-state index in [1.165, 1.54) is 18.2 Å². The van der Waals surface area contributed by atoms with Crippen molar-refractivity contribution in [3.8, 4) is 0 Å². The van der Waals surface area contributed by atoms with Gasteiger partial charge in [0.2, 0.25) is 0 Å². The number of nitrogens with zero attached hydrogens (tertiary/aromatic N) is 1. The van der Waals surface area contributed by atoms with E-state index in [1.54, 1.807) is 6.07 Å². The molecule has 0 saturated heterocycles. The number of halogens is 2. The van der Waals surface area contributed by atoms with E-state index in [4.69, 9.17) is 0 Å². The van der Waals surface area contributed by atoms with Gasteiger partial charge < -0.3 is 5.32 Å². The van der Waals surface area contributed by atoms with E-state index in [0.717, 1.165) is 10.9 Å². The van der Waals surface area contributed by atoms with Crippen molar-refractivity contribution in [3.63, 3.8) is 0 Å². The lowest BCUT2D eigenvalue weighted by atomic mass is 10.2. The number of rotatable bonds is 2. The summed E-state index contributed by atoms with van der Waals surface area (Å²) in [5.41, 5.74) is 1.57. The number of nitrogens with one attached hydrogen (secondary N) is 1. The Morgan fingerprint density at radius 2 is 1.90 bits per heavy atom. The summed E-state index contributed by atoms with van der Waals surface area (Å²) in [6.45, 7) is 0. The van der Waals surface area contributed by atoms with Crippen molar-refractivity contribution in [1.29, 1.82) is 0 Å². The molecule has 0 bridgehead atoms. The maximum absolute atomic E-state index is 13.2. The highest BCUT2D eigenvalue weighted by Gasteiger charge is 2.09. The minimum atomic E-state index is -0.378. The Labute approximate surface area is 128 Å². The molecule has 1 amide bonds. The first-order valence-corrected chi connectivity index (χ1v) is 7.05. The molecule has 0 unspecified atom stereocenters. The molecule has 1 aromatic heterocycles. The van der Waals surface area contributed by atoms with Crippen LogP contribution in [0, 0.1) is 5.82 Å². The molecule has 0 fully saturated rings. The Balaban J connectivity index is 1.87. The maximum Gasteiger partial charge on any atom is 0.274 e. The third kappa shape index (κ3) is 2.92. The highest BCUT2D eigenvalue weighted by atomic mass is 79.9. The molecule has 104 valence electrons. The molecule has 3 rings (SSSR count). The predicted octanol–water partition coefficient (Wildman–Crippen LogP) is 4.39. The number of carbonyl (C=O) groups is 1. The van der Waals surface area contributed by atoms with Gasteiger partial charge >= 0.3 is 0 Å². The third-order valence-corrected chi connectivity index (χ3v) is 3.62. The van der Waals surface area contributed by atoms with E-state index < -0.39 is 0 Å². The van der Waals surface area contributed by atoms with Gasteiger partial charge in [-0.3, -0.25) is 4.79 Å². The number of carbonyl (C=O) groups excluding carboxylic acids is 1. The lowest BCUT2D eigenvalue weighted by molar-refractivity contribution is 0.102. The van der Waals surface area contributed by atoms with Crippen molar-refractivity contribution in [1.82, 2.24) is 4.98 Å². The van der Waals surface area contributed by atoms with Crippen LogP contribution in [0.4, 0.5) is 10.1 Å². The Morgan fingerprint density at radius 3 is 2.71 bits per heavy atom. The maximum atomic E-state index is 13.2. The number of hydrogen-bond acceptors (Lipinski definition) is 2. The largest absolute Gasteiger partial charge is 0.321 e. The lowest BCUT2D eigenvalue weighted by Crippen LogP contribution is -2.13. The number of fused-ring (bicyclic) bond motifs is 1. The van der Waals surface area contributed by atoms with Crippen molar-refractivity contribution in [3.05, 3.63) is 70.6 Å². The summed E-state index contributed by atoms with van der Waals surface area (Å²) in [6, 6.07) is 15.4. The summed E-state index contributed by atoms with van der Waals surface area (Å²) >= 11 is 3.08. The molecule has 0 saturated carbocycles. The fourth-order valence-electron chi connectivity index (χ4n) is 1.96. The highest BCUT2D eigenvalue weighted by Crippen LogP contribution is 2.20. The molecule has 0 aliphatic carbocycles. The van der Waals surface area contributed by atoms with Crippen molar-refractivity contribution in [2.45, 2.75) is 0 Å². The van der Waals surface area contributed by atoms with E-state index in [9.17, 15) is 9.18 Å². The normalized spacial score (nSPS) is 10.6. The number of benzene rings is 2. The fraction of sp³-hybridized carbons (Fsp3) is 0. The van der Waals surface area contributed by atoms with Crippen molar-refractivity contribution in [2.24, 2.45) is 0 Å². The summed E-state index contributed by atoms with van der Waals surface area (Å²) in [6.07, 6.45) is 0. The second kappa shape index (κ2) is 5.61. The van der Waals surface area contributed by atoms with Crippen molar-refractivity contribution in [2.75, 3.05) is 5.32 Å². The van der Waals surface area contributed by atoms with Crippen LogP contribution in [0.5, 0.6) is 0 Å². The van der Waals surface area contributed by atoms with Crippen LogP contribution in [0.25, 0.3) is 10.9 Å². The fourth-order valence-corrected chi connectivity index (χ4v) is 2.34. The number of amides is 1. The topological polar surface area (TPSA) is 42.0 Å². The van der Waals surface area contributed by atoms with Gasteiger partial charge in [-0.2, -0.15) is 0 Å². The molecule has 0 aliphatic rings. The zero-order valence-electron chi connectivity index (χ0n) is 10.8. The minimum Gasteiger partial charge on any atom is -0.321 e. The summed E-state index contributed by atoms with van der Waals surface area (Å²) in [4.78, 5) is 16.5. The van der Waals surface area contributed by atoms with E-state index in [-0.39, 0.29) is 11.7 Å². The summed E-state index contributed by atoms with van der Waals surface area (Å²) in [7, 11) is 0. The van der Waals surface area contributed by atoms with Gasteiger partial charge in [0, 0.05) is 11.1 Å². The van der Waals surface area contributed by atoms with Gasteiger partial charge in [-0.25, -0.2) is 9.37 Å². The van der Waals surface area contributed by atoms with Gasteiger partial charge in [0.15, 0.2) is 0 Å². The van der Waals surface area contributed by atoms with Crippen LogP contribution in [-0.4, -0.2) is 10.9 Å². The molecule has 3 aromatic rings. The van der Waals surface area contributed by atoms with Crippen molar-refractivity contribution >= 4 is 38.4 Å². The van der Waals surface area contributed by atoms with Crippen LogP contribution in [0.1, 0.15) is 10.5 Å². The first-order chi connectivity index (χ1) is 10.1. The van der Waals surface area contributed by atoms with Gasteiger partial charge in [-0.15, -0.1) is 0 Å². The van der Waals surface area contributed by atoms with Gasteiger partial charge in [-0.1, -0.05) is 24.3 Å².